The zero-order valence-corrected chi connectivity index (χ0v) is 16.4. The Balaban J connectivity index is 1.31. The highest BCUT2D eigenvalue weighted by Gasteiger charge is 2.33. The van der Waals surface area contributed by atoms with Gasteiger partial charge >= 0.3 is 0 Å². The van der Waals surface area contributed by atoms with Crippen LogP contribution in [-0.4, -0.2) is 46.6 Å². The minimum absolute atomic E-state index is 0.168. The first-order valence-corrected chi connectivity index (χ1v) is 10.2. The molecule has 0 fully saturated rings. The van der Waals surface area contributed by atoms with Crippen molar-refractivity contribution in [3.8, 4) is 22.8 Å². The highest BCUT2D eigenvalue weighted by atomic mass is 32.1. The van der Waals surface area contributed by atoms with Crippen molar-refractivity contribution in [2.24, 2.45) is 0 Å². The fourth-order valence-corrected chi connectivity index (χ4v) is 4.44. The fraction of sp³-hybridized carbons (Fsp3) is 0.182. The van der Waals surface area contributed by atoms with Gasteiger partial charge in [-0.1, -0.05) is 42.5 Å². The van der Waals surface area contributed by atoms with Gasteiger partial charge in [-0.2, -0.15) is 0 Å². The number of para-hydroxylation sites is 2. The van der Waals surface area contributed by atoms with E-state index in [1.807, 2.05) is 60.0 Å². The normalized spacial score (nSPS) is 18.4. The predicted octanol–water partition coefficient (Wildman–Crippen LogP) is 4.21. The third-order valence-electron chi connectivity index (χ3n) is 4.96. The van der Waals surface area contributed by atoms with Crippen LogP contribution in [0.2, 0.25) is 0 Å². The first kappa shape index (κ1) is 17.8. The summed E-state index contributed by atoms with van der Waals surface area (Å²) in [7, 11) is 0. The van der Waals surface area contributed by atoms with Crippen LogP contribution in [0.5, 0.6) is 11.5 Å². The quantitative estimate of drug-likeness (QED) is 0.680. The number of fused-ring (bicyclic) bond motifs is 1. The Morgan fingerprint density at radius 3 is 2.69 bits per heavy atom. The lowest BCUT2D eigenvalue weighted by molar-refractivity contribution is 0.0751. The molecule has 0 saturated heterocycles. The van der Waals surface area contributed by atoms with Gasteiger partial charge in [0.2, 0.25) is 0 Å². The molecule has 0 unspecified atom stereocenters. The topological polar surface area (TPSA) is 78.7 Å². The standard InChI is InChI=1S/C22H19N3O3S/c23-21-20(22-24-16(13-29-22)14-6-2-1-3-7-14)17(26)11-25(21)10-15-12-27-18-8-4-5-9-19(18)28-15/h1-9,13,15,23,26H,10-12H2/t15-/m1/s1. The molecule has 0 aliphatic carbocycles. The zero-order chi connectivity index (χ0) is 19.8. The smallest absolute Gasteiger partial charge is 0.161 e. The van der Waals surface area contributed by atoms with Crippen LogP contribution in [0.15, 0.2) is 65.7 Å². The van der Waals surface area contributed by atoms with E-state index >= 15 is 0 Å². The van der Waals surface area contributed by atoms with E-state index in [2.05, 4.69) is 4.98 Å². The summed E-state index contributed by atoms with van der Waals surface area (Å²) < 4.78 is 11.8. The van der Waals surface area contributed by atoms with E-state index < -0.39 is 0 Å². The van der Waals surface area contributed by atoms with Gasteiger partial charge in [-0.25, -0.2) is 4.98 Å². The number of amidine groups is 1. The number of rotatable bonds is 4. The second kappa shape index (κ2) is 7.25. The lowest BCUT2D eigenvalue weighted by Crippen LogP contribution is -2.42. The van der Waals surface area contributed by atoms with E-state index in [0.717, 1.165) is 17.0 Å². The van der Waals surface area contributed by atoms with Gasteiger partial charge in [-0.3, -0.25) is 5.41 Å². The van der Waals surface area contributed by atoms with Crippen LogP contribution in [0.3, 0.4) is 0 Å². The number of ether oxygens (including phenoxy) is 2. The van der Waals surface area contributed by atoms with E-state index in [-0.39, 0.29) is 24.2 Å². The van der Waals surface area contributed by atoms with Crippen LogP contribution in [0.25, 0.3) is 16.8 Å². The molecule has 3 heterocycles. The third-order valence-corrected chi connectivity index (χ3v) is 5.82. The second-order valence-corrected chi connectivity index (χ2v) is 7.81. The SMILES string of the molecule is N=C1C(c2nc(-c3ccccc3)cs2)=C(O)CN1C[C@@H]1COc2ccccc2O1. The minimum Gasteiger partial charge on any atom is -0.510 e. The monoisotopic (exact) mass is 405 g/mol. The van der Waals surface area contributed by atoms with E-state index in [0.29, 0.717) is 29.5 Å². The second-order valence-electron chi connectivity index (χ2n) is 6.95. The Morgan fingerprint density at radius 1 is 1.10 bits per heavy atom. The summed E-state index contributed by atoms with van der Waals surface area (Å²) in [5.74, 6) is 1.87. The lowest BCUT2D eigenvalue weighted by atomic mass is 10.2. The number of thiazole rings is 1. The molecule has 6 nitrogen and oxygen atoms in total. The van der Waals surface area contributed by atoms with Gasteiger partial charge in [-0.15, -0.1) is 11.3 Å². The number of nitrogens with one attached hydrogen (secondary N) is 1. The Morgan fingerprint density at radius 2 is 1.86 bits per heavy atom. The van der Waals surface area contributed by atoms with Crippen molar-refractivity contribution in [3.63, 3.8) is 0 Å². The molecule has 2 aromatic carbocycles. The molecule has 2 aliphatic heterocycles. The maximum Gasteiger partial charge on any atom is 0.161 e. The molecule has 2 N–H and O–H groups in total. The van der Waals surface area contributed by atoms with Crippen molar-refractivity contribution < 1.29 is 14.6 Å². The number of hydrogen-bond acceptors (Lipinski definition) is 6. The Labute approximate surface area is 172 Å². The first-order valence-electron chi connectivity index (χ1n) is 9.35. The summed E-state index contributed by atoms with van der Waals surface area (Å²) >= 11 is 1.44. The van der Waals surface area contributed by atoms with Crippen LogP contribution in [0, 0.1) is 5.41 Å². The lowest BCUT2D eigenvalue weighted by Gasteiger charge is -2.30. The summed E-state index contributed by atoms with van der Waals surface area (Å²) in [4.78, 5) is 6.45. The number of benzene rings is 2. The van der Waals surface area contributed by atoms with Crippen molar-refractivity contribution in [2.45, 2.75) is 6.10 Å². The molecule has 0 amide bonds. The number of aromatic nitrogens is 1. The minimum atomic E-state index is -0.214. The van der Waals surface area contributed by atoms with Crippen LogP contribution in [-0.2, 0) is 0 Å². The molecule has 29 heavy (non-hydrogen) atoms. The number of nitrogens with zero attached hydrogens (tertiary/aromatic N) is 2. The van der Waals surface area contributed by atoms with Crippen molar-refractivity contribution in [3.05, 3.63) is 70.7 Å². The molecule has 3 aromatic rings. The molecule has 0 saturated carbocycles. The number of aliphatic hydroxyl groups excluding tert-OH is 1. The van der Waals surface area contributed by atoms with Crippen molar-refractivity contribution in [1.82, 2.24) is 9.88 Å². The molecule has 0 spiro atoms. The van der Waals surface area contributed by atoms with Gasteiger partial charge < -0.3 is 19.5 Å². The predicted molar refractivity (Wildman–Crippen MR) is 113 cm³/mol. The number of aliphatic hydroxyl groups is 1. The molecule has 0 radical (unpaired) electrons. The van der Waals surface area contributed by atoms with Gasteiger partial charge in [0.05, 0.1) is 24.4 Å². The van der Waals surface area contributed by atoms with Crippen molar-refractivity contribution >= 4 is 22.7 Å². The maximum atomic E-state index is 10.5. The molecular formula is C22H19N3O3S. The Kier molecular flexibility index (Phi) is 4.44. The van der Waals surface area contributed by atoms with Crippen LogP contribution >= 0.6 is 11.3 Å². The van der Waals surface area contributed by atoms with Crippen LogP contribution in [0.4, 0.5) is 0 Å². The Hall–Kier alpha value is -3.32. The molecule has 0 bridgehead atoms. The third kappa shape index (κ3) is 3.34. The molecule has 5 rings (SSSR count). The molecular weight excluding hydrogens is 386 g/mol. The van der Waals surface area contributed by atoms with Gasteiger partial charge in [0, 0.05) is 10.9 Å². The zero-order valence-electron chi connectivity index (χ0n) is 15.5. The highest BCUT2D eigenvalue weighted by molar-refractivity contribution is 7.11. The van der Waals surface area contributed by atoms with Crippen LogP contribution in [0.1, 0.15) is 5.01 Å². The van der Waals surface area contributed by atoms with Gasteiger partial charge in [0.1, 0.15) is 23.2 Å². The van der Waals surface area contributed by atoms with E-state index in [1.54, 1.807) is 4.90 Å². The largest absolute Gasteiger partial charge is 0.510 e. The Bertz CT molecular complexity index is 1090. The molecule has 7 heteroatoms. The fourth-order valence-electron chi connectivity index (χ4n) is 3.54. The first-order chi connectivity index (χ1) is 14.2. The summed E-state index contributed by atoms with van der Waals surface area (Å²) in [6.07, 6.45) is -0.214. The highest BCUT2D eigenvalue weighted by Crippen LogP contribution is 2.34. The van der Waals surface area contributed by atoms with E-state index in [4.69, 9.17) is 14.9 Å². The number of hydrogen-bond donors (Lipinski definition) is 2. The van der Waals surface area contributed by atoms with Gasteiger partial charge in [-0.05, 0) is 12.1 Å². The summed E-state index contributed by atoms with van der Waals surface area (Å²) in [6, 6.07) is 17.5. The molecule has 1 atom stereocenters. The molecule has 2 aliphatic rings. The van der Waals surface area contributed by atoms with Gasteiger partial charge in [0.15, 0.2) is 17.6 Å². The van der Waals surface area contributed by atoms with E-state index in [1.165, 1.54) is 11.3 Å². The maximum absolute atomic E-state index is 10.5. The van der Waals surface area contributed by atoms with E-state index in [9.17, 15) is 5.11 Å². The van der Waals surface area contributed by atoms with Crippen molar-refractivity contribution in [2.75, 3.05) is 19.7 Å². The average Bonchev–Trinajstić information content (AvgIpc) is 3.33. The van der Waals surface area contributed by atoms with Gasteiger partial charge in [0.25, 0.3) is 0 Å². The van der Waals surface area contributed by atoms with Crippen LogP contribution < -0.4 is 9.47 Å². The summed E-state index contributed by atoms with van der Waals surface area (Å²) in [5.41, 5.74) is 2.36. The summed E-state index contributed by atoms with van der Waals surface area (Å²) in [5, 5.41) is 21.7. The summed E-state index contributed by atoms with van der Waals surface area (Å²) in [6.45, 7) is 1.14. The molecule has 146 valence electrons. The van der Waals surface area contributed by atoms with Crippen molar-refractivity contribution in [1.29, 1.82) is 5.41 Å². The molecule has 1 aromatic heterocycles. The average molecular weight is 405 g/mol.